The molecule has 1 fully saturated rings. The molecule has 0 aromatic carbocycles. The van der Waals surface area contributed by atoms with Crippen LogP contribution in [0.4, 0.5) is 0 Å². The third-order valence-corrected chi connectivity index (χ3v) is 2.77. The molecule has 0 aliphatic carbocycles. The van der Waals surface area contributed by atoms with Gasteiger partial charge < -0.3 is 14.0 Å². The minimum absolute atomic E-state index is 0.100. The minimum atomic E-state index is -0.505. The average molecular weight is 229 g/mol. The molecule has 0 unspecified atom stereocenters. The third-order valence-electron chi connectivity index (χ3n) is 2.77. The quantitative estimate of drug-likeness (QED) is 0.732. The summed E-state index contributed by atoms with van der Waals surface area (Å²) in [6.07, 6.45) is 1.43. The van der Waals surface area contributed by atoms with E-state index in [2.05, 4.69) is 15.0 Å². The molecule has 0 radical (unpaired) electrons. The van der Waals surface area contributed by atoms with Gasteiger partial charge in [0.05, 0.1) is 0 Å². The fraction of sp³-hybridized carbons (Fsp3) is 0.778. The van der Waals surface area contributed by atoms with Gasteiger partial charge in [0.15, 0.2) is 0 Å². The first kappa shape index (κ1) is 11.5. The van der Waals surface area contributed by atoms with Crippen LogP contribution in [0.3, 0.4) is 0 Å². The number of nitrogens with zero attached hydrogens (tertiary/aromatic N) is 2. The summed E-state index contributed by atoms with van der Waals surface area (Å²) in [4.78, 5) is 8.64. The van der Waals surface area contributed by atoms with Crippen LogP contribution >= 0.6 is 0 Å². The number of aromatic nitrogens is 2. The van der Waals surface area contributed by atoms with Crippen molar-refractivity contribution in [1.82, 2.24) is 10.1 Å². The fourth-order valence-corrected chi connectivity index (χ4v) is 1.79. The van der Waals surface area contributed by atoms with E-state index in [4.69, 9.17) is 19.9 Å². The van der Waals surface area contributed by atoms with Crippen LogP contribution in [0, 0.1) is 0 Å². The van der Waals surface area contributed by atoms with E-state index < -0.39 is 5.60 Å². The lowest BCUT2D eigenvalue weighted by Crippen LogP contribution is -2.36. The smallest absolute Gasteiger partial charge is 0.254 e. The maximum atomic E-state index is 5.52. The lowest BCUT2D eigenvalue weighted by Gasteiger charge is -2.32. The maximum Gasteiger partial charge on any atom is 0.254 e. The Hall–Kier alpha value is -1.02. The van der Waals surface area contributed by atoms with E-state index in [0.717, 1.165) is 0 Å². The van der Waals surface area contributed by atoms with E-state index in [1.165, 1.54) is 0 Å². The lowest BCUT2D eigenvalue weighted by molar-refractivity contribution is -0.101. The van der Waals surface area contributed by atoms with Gasteiger partial charge in [0.2, 0.25) is 5.82 Å². The molecule has 16 heavy (non-hydrogen) atoms. The van der Waals surface area contributed by atoms with Crippen molar-refractivity contribution in [3.63, 3.8) is 0 Å². The summed E-state index contributed by atoms with van der Waals surface area (Å²) < 4.78 is 15.8. The number of hydrogen-bond acceptors (Lipinski definition) is 7. The Morgan fingerprint density at radius 1 is 1.44 bits per heavy atom. The largest absolute Gasteiger partial charge is 0.381 e. The molecule has 1 aliphatic heterocycles. The Labute approximate surface area is 92.8 Å². The Bertz CT molecular complexity index is 335. The van der Waals surface area contributed by atoms with Gasteiger partial charge in [-0.1, -0.05) is 5.16 Å². The van der Waals surface area contributed by atoms with E-state index in [0.29, 0.717) is 37.8 Å². The Balaban J connectivity index is 2.18. The summed E-state index contributed by atoms with van der Waals surface area (Å²) >= 11 is 0. The predicted molar refractivity (Wildman–Crippen MR) is 52.0 cm³/mol. The maximum absolute atomic E-state index is 5.52. The molecule has 1 aromatic rings. The Kier molecular flexibility index (Phi) is 3.49. The first-order valence-electron chi connectivity index (χ1n) is 5.08. The summed E-state index contributed by atoms with van der Waals surface area (Å²) in [6.45, 7) is 1.36. The molecule has 0 spiro atoms. The summed E-state index contributed by atoms with van der Waals surface area (Å²) in [5, 5.41) is 3.90. The second-order valence-electron chi connectivity index (χ2n) is 3.63. The van der Waals surface area contributed by atoms with Crippen molar-refractivity contribution in [3.8, 4) is 0 Å². The predicted octanol–water partition coefficient (Wildman–Crippen LogP) is 0.112. The summed E-state index contributed by atoms with van der Waals surface area (Å²) in [6, 6.07) is 0. The molecule has 1 aromatic heterocycles. The normalized spacial score (nSPS) is 19.9. The number of ether oxygens (including phenoxy) is 2. The molecule has 2 N–H and O–H groups in total. The number of rotatable bonds is 4. The van der Waals surface area contributed by atoms with Crippen molar-refractivity contribution < 1.29 is 18.8 Å². The first-order valence-corrected chi connectivity index (χ1v) is 5.08. The van der Waals surface area contributed by atoms with Crippen LogP contribution < -0.4 is 5.90 Å². The van der Waals surface area contributed by atoms with E-state index in [-0.39, 0.29) is 6.61 Å². The standard InChI is InChI=1S/C9H15N3O4/c1-13-9(2-4-14-5-3-9)8-11-7(6-15-10)16-12-8/h2-6,10H2,1H3. The zero-order chi connectivity index (χ0) is 11.4. The summed E-state index contributed by atoms with van der Waals surface area (Å²) in [5.41, 5.74) is -0.505. The highest BCUT2D eigenvalue weighted by Gasteiger charge is 2.39. The van der Waals surface area contributed by atoms with Crippen molar-refractivity contribution in [2.75, 3.05) is 20.3 Å². The van der Waals surface area contributed by atoms with E-state index >= 15 is 0 Å². The lowest BCUT2D eigenvalue weighted by atomic mass is 9.93. The molecule has 7 heteroatoms. The second kappa shape index (κ2) is 4.88. The van der Waals surface area contributed by atoms with Gasteiger partial charge in [0.25, 0.3) is 5.89 Å². The van der Waals surface area contributed by atoms with Crippen LogP contribution in [0.25, 0.3) is 0 Å². The number of hydrogen-bond donors (Lipinski definition) is 1. The van der Waals surface area contributed by atoms with Crippen LogP contribution in [-0.2, 0) is 26.5 Å². The van der Waals surface area contributed by atoms with Crippen LogP contribution in [0.2, 0.25) is 0 Å². The molecule has 2 rings (SSSR count). The highest BCUT2D eigenvalue weighted by atomic mass is 16.6. The van der Waals surface area contributed by atoms with Crippen LogP contribution in [0.5, 0.6) is 0 Å². The molecular weight excluding hydrogens is 214 g/mol. The van der Waals surface area contributed by atoms with Gasteiger partial charge in [-0.2, -0.15) is 4.98 Å². The van der Waals surface area contributed by atoms with Gasteiger partial charge in [-0.15, -0.1) is 0 Å². The van der Waals surface area contributed by atoms with Gasteiger partial charge in [0, 0.05) is 33.2 Å². The van der Waals surface area contributed by atoms with E-state index in [1.807, 2.05) is 0 Å². The minimum Gasteiger partial charge on any atom is -0.381 e. The van der Waals surface area contributed by atoms with Gasteiger partial charge >= 0.3 is 0 Å². The molecule has 0 amide bonds. The van der Waals surface area contributed by atoms with E-state index in [9.17, 15) is 0 Å². The average Bonchev–Trinajstić information content (AvgIpc) is 2.80. The fourth-order valence-electron chi connectivity index (χ4n) is 1.79. The van der Waals surface area contributed by atoms with Crippen molar-refractivity contribution in [2.45, 2.75) is 25.0 Å². The highest BCUT2D eigenvalue weighted by Crippen LogP contribution is 2.33. The molecule has 7 nitrogen and oxygen atoms in total. The molecular formula is C9H15N3O4. The first-order chi connectivity index (χ1) is 7.80. The number of nitrogens with two attached hydrogens (primary N) is 1. The zero-order valence-corrected chi connectivity index (χ0v) is 9.14. The van der Waals surface area contributed by atoms with Crippen molar-refractivity contribution in [2.24, 2.45) is 5.90 Å². The van der Waals surface area contributed by atoms with Gasteiger partial charge in [-0.3, -0.25) is 4.84 Å². The number of methoxy groups -OCH3 is 1. The second-order valence-corrected chi connectivity index (χ2v) is 3.63. The van der Waals surface area contributed by atoms with Gasteiger partial charge in [0.1, 0.15) is 12.2 Å². The molecule has 0 bridgehead atoms. The molecule has 1 saturated heterocycles. The summed E-state index contributed by atoms with van der Waals surface area (Å²) in [7, 11) is 1.64. The zero-order valence-electron chi connectivity index (χ0n) is 9.14. The molecule has 90 valence electrons. The van der Waals surface area contributed by atoms with Crippen molar-refractivity contribution >= 4 is 0 Å². The van der Waals surface area contributed by atoms with Gasteiger partial charge in [-0.05, 0) is 0 Å². The monoisotopic (exact) mass is 229 g/mol. The van der Waals surface area contributed by atoms with Crippen LogP contribution in [0.1, 0.15) is 24.6 Å². The highest BCUT2D eigenvalue weighted by molar-refractivity contribution is 5.02. The topological polar surface area (TPSA) is 92.6 Å². The molecule has 1 aliphatic rings. The molecule has 0 saturated carbocycles. The molecule has 0 atom stereocenters. The third kappa shape index (κ3) is 2.07. The SMILES string of the molecule is COC1(c2noc(CON)n2)CCOCC1. The Morgan fingerprint density at radius 2 is 2.19 bits per heavy atom. The van der Waals surface area contributed by atoms with E-state index in [1.54, 1.807) is 7.11 Å². The van der Waals surface area contributed by atoms with Crippen LogP contribution in [-0.4, -0.2) is 30.5 Å². The molecule has 2 heterocycles. The van der Waals surface area contributed by atoms with Crippen LogP contribution in [0.15, 0.2) is 4.52 Å². The van der Waals surface area contributed by atoms with Gasteiger partial charge in [-0.25, -0.2) is 5.90 Å². The van der Waals surface area contributed by atoms with Crippen molar-refractivity contribution in [1.29, 1.82) is 0 Å². The van der Waals surface area contributed by atoms with Crippen molar-refractivity contribution in [3.05, 3.63) is 11.7 Å². The summed E-state index contributed by atoms with van der Waals surface area (Å²) in [5.74, 6) is 5.82. The Morgan fingerprint density at radius 3 is 2.81 bits per heavy atom.